The molecule has 0 unspecified atom stereocenters. The Morgan fingerprint density at radius 3 is 2.70 bits per heavy atom. The van der Waals surface area contributed by atoms with Crippen molar-refractivity contribution in [2.45, 2.75) is 37.8 Å². The number of fused-ring (bicyclic) bond motifs is 1. The topological polar surface area (TPSA) is 48.3 Å². The number of benzene rings is 1. The minimum atomic E-state index is 0.0279. The Morgan fingerprint density at radius 2 is 1.96 bits per heavy atom. The fourth-order valence-corrected chi connectivity index (χ4v) is 3.70. The Kier molecular flexibility index (Phi) is 3.73. The van der Waals surface area contributed by atoms with Gasteiger partial charge in [-0.3, -0.25) is 0 Å². The van der Waals surface area contributed by atoms with E-state index in [1.165, 1.54) is 24.1 Å². The van der Waals surface area contributed by atoms with E-state index in [-0.39, 0.29) is 5.54 Å². The Bertz CT molecular complexity index is 689. The molecule has 23 heavy (non-hydrogen) atoms. The molecule has 0 bridgehead atoms. The average Bonchev–Trinajstić information content (AvgIpc) is 3.22. The first-order valence-corrected chi connectivity index (χ1v) is 8.37. The first kappa shape index (κ1) is 14.6. The molecule has 5 nitrogen and oxygen atoms in total. The van der Waals surface area contributed by atoms with Gasteiger partial charge in [0.15, 0.2) is 11.5 Å². The second kappa shape index (κ2) is 5.89. The Balaban J connectivity index is 1.60. The van der Waals surface area contributed by atoms with Gasteiger partial charge in [-0.15, -0.1) is 0 Å². The maximum atomic E-state index is 5.77. The quantitative estimate of drug-likeness (QED) is 0.943. The van der Waals surface area contributed by atoms with E-state index in [1.54, 1.807) is 0 Å². The van der Waals surface area contributed by atoms with E-state index in [0.29, 0.717) is 13.2 Å². The van der Waals surface area contributed by atoms with Crippen molar-refractivity contribution in [2.75, 3.05) is 13.2 Å². The van der Waals surface area contributed by atoms with Gasteiger partial charge in [-0.25, -0.2) is 4.98 Å². The number of imidazole rings is 1. The molecule has 2 heterocycles. The average molecular weight is 313 g/mol. The van der Waals surface area contributed by atoms with E-state index in [0.717, 1.165) is 30.9 Å². The van der Waals surface area contributed by atoms with Crippen LogP contribution in [0.25, 0.3) is 0 Å². The molecule has 4 rings (SSSR count). The summed E-state index contributed by atoms with van der Waals surface area (Å²) in [6.45, 7) is 2.09. The molecule has 1 aromatic carbocycles. The summed E-state index contributed by atoms with van der Waals surface area (Å²) in [5.41, 5.74) is 2.54. The summed E-state index contributed by atoms with van der Waals surface area (Å²) in [5, 5.41) is 3.80. The molecular weight excluding hydrogens is 290 g/mol. The van der Waals surface area contributed by atoms with Crippen LogP contribution in [0, 0.1) is 0 Å². The SMILES string of the molecule is Cn1cncc1CNC1(c2ccc3c(c2)OCCO3)CCCC1. The van der Waals surface area contributed by atoms with Crippen LogP contribution in [0.15, 0.2) is 30.7 Å². The molecule has 0 amide bonds. The van der Waals surface area contributed by atoms with Crippen LogP contribution in [0.4, 0.5) is 0 Å². The van der Waals surface area contributed by atoms with Crippen LogP contribution in [0.2, 0.25) is 0 Å². The number of rotatable bonds is 4. The highest BCUT2D eigenvalue weighted by molar-refractivity contribution is 5.46. The van der Waals surface area contributed by atoms with E-state index >= 15 is 0 Å². The molecule has 1 fully saturated rings. The van der Waals surface area contributed by atoms with Gasteiger partial charge >= 0.3 is 0 Å². The number of hydrogen-bond acceptors (Lipinski definition) is 4. The molecule has 1 aliphatic heterocycles. The number of aryl methyl sites for hydroxylation is 1. The molecule has 0 spiro atoms. The van der Waals surface area contributed by atoms with Crippen LogP contribution in [0.1, 0.15) is 36.9 Å². The highest BCUT2D eigenvalue weighted by Gasteiger charge is 2.36. The van der Waals surface area contributed by atoms with Gasteiger partial charge in [-0.2, -0.15) is 0 Å². The third-order valence-corrected chi connectivity index (χ3v) is 5.08. The van der Waals surface area contributed by atoms with Crippen molar-refractivity contribution in [1.29, 1.82) is 0 Å². The lowest BCUT2D eigenvalue weighted by Gasteiger charge is -2.32. The Morgan fingerprint density at radius 1 is 1.17 bits per heavy atom. The monoisotopic (exact) mass is 313 g/mol. The van der Waals surface area contributed by atoms with Gasteiger partial charge in [0, 0.05) is 25.3 Å². The summed E-state index contributed by atoms with van der Waals surface area (Å²) in [7, 11) is 2.04. The number of ether oxygens (including phenoxy) is 2. The summed E-state index contributed by atoms with van der Waals surface area (Å²) in [5.74, 6) is 1.74. The van der Waals surface area contributed by atoms with Crippen LogP contribution in [-0.4, -0.2) is 22.8 Å². The molecule has 5 heteroatoms. The second-order valence-corrected chi connectivity index (χ2v) is 6.50. The summed E-state index contributed by atoms with van der Waals surface area (Å²) in [6.07, 6.45) is 8.61. The fourth-order valence-electron chi connectivity index (χ4n) is 3.70. The molecule has 1 saturated carbocycles. The van der Waals surface area contributed by atoms with Gasteiger partial charge in [0.25, 0.3) is 0 Å². The van der Waals surface area contributed by atoms with Crippen LogP contribution in [0.5, 0.6) is 11.5 Å². The van der Waals surface area contributed by atoms with Gasteiger partial charge in [-0.05, 0) is 30.5 Å². The first-order valence-electron chi connectivity index (χ1n) is 8.37. The van der Waals surface area contributed by atoms with Gasteiger partial charge < -0.3 is 19.4 Å². The lowest BCUT2D eigenvalue weighted by molar-refractivity contribution is 0.170. The molecule has 1 aromatic heterocycles. The van der Waals surface area contributed by atoms with Crippen molar-refractivity contribution in [3.05, 3.63) is 42.0 Å². The van der Waals surface area contributed by atoms with Crippen LogP contribution >= 0.6 is 0 Å². The molecular formula is C18H23N3O2. The van der Waals surface area contributed by atoms with E-state index in [1.807, 2.05) is 19.6 Å². The summed E-state index contributed by atoms with van der Waals surface area (Å²) >= 11 is 0. The summed E-state index contributed by atoms with van der Waals surface area (Å²) < 4.78 is 13.5. The van der Waals surface area contributed by atoms with Gasteiger partial charge in [0.2, 0.25) is 0 Å². The van der Waals surface area contributed by atoms with Crippen molar-refractivity contribution in [3.8, 4) is 11.5 Å². The molecule has 1 N–H and O–H groups in total. The summed E-state index contributed by atoms with van der Waals surface area (Å²) in [6, 6.07) is 6.40. The second-order valence-electron chi connectivity index (χ2n) is 6.50. The van der Waals surface area contributed by atoms with E-state index in [4.69, 9.17) is 9.47 Å². The molecule has 1 aliphatic carbocycles. The lowest BCUT2D eigenvalue weighted by Crippen LogP contribution is -2.39. The van der Waals surface area contributed by atoms with Crippen molar-refractivity contribution in [2.24, 2.45) is 7.05 Å². The number of nitrogens with one attached hydrogen (secondary N) is 1. The Hall–Kier alpha value is -2.01. The van der Waals surface area contributed by atoms with Crippen molar-refractivity contribution >= 4 is 0 Å². The minimum Gasteiger partial charge on any atom is -0.486 e. The third kappa shape index (κ3) is 2.70. The zero-order valence-corrected chi connectivity index (χ0v) is 13.5. The molecule has 2 aromatic rings. The van der Waals surface area contributed by atoms with Crippen molar-refractivity contribution in [3.63, 3.8) is 0 Å². The smallest absolute Gasteiger partial charge is 0.161 e. The fraction of sp³-hybridized carbons (Fsp3) is 0.500. The molecule has 122 valence electrons. The summed E-state index contributed by atoms with van der Waals surface area (Å²) in [4.78, 5) is 4.21. The first-order chi connectivity index (χ1) is 11.3. The van der Waals surface area contributed by atoms with Gasteiger partial charge in [0.05, 0.1) is 12.0 Å². The number of hydrogen-bond donors (Lipinski definition) is 1. The lowest BCUT2D eigenvalue weighted by atomic mass is 9.87. The number of aromatic nitrogens is 2. The van der Waals surface area contributed by atoms with Crippen LogP contribution in [-0.2, 0) is 19.1 Å². The zero-order chi connectivity index (χ0) is 15.7. The molecule has 0 saturated heterocycles. The maximum absolute atomic E-state index is 5.77. The van der Waals surface area contributed by atoms with Crippen molar-refractivity contribution < 1.29 is 9.47 Å². The number of nitrogens with zero attached hydrogens (tertiary/aromatic N) is 2. The molecule has 0 radical (unpaired) electrons. The van der Waals surface area contributed by atoms with E-state index in [9.17, 15) is 0 Å². The predicted octanol–water partition coefficient (Wildman–Crippen LogP) is 2.75. The molecule has 2 aliphatic rings. The maximum Gasteiger partial charge on any atom is 0.161 e. The third-order valence-electron chi connectivity index (χ3n) is 5.08. The predicted molar refractivity (Wildman–Crippen MR) is 87.6 cm³/mol. The Labute approximate surface area is 136 Å². The standard InChI is InChI=1S/C18H23N3O2/c1-21-13-19-11-15(21)12-20-18(6-2-3-7-18)14-4-5-16-17(10-14)23-9-8-22-16/h4-5,10-11,13,20H,2-3,6-9,12H2,1H3. The van der Waals surface area contributed by atoms with E-state index < -0.39 is 0 Å². The van der Waals surface area contributed by atoms with Gasteiger partial charge in [0.1, 0.15) is 13.2 Å². The van der Waals surface area contributed by atoms with Crippen LogP contribution in [0.3, 0.4) is 0 Å². The molecule has 0 atom stereocenters. The zero-order valence-electron chi connectivity index (χ0n) is 13.5. The van der Waals surface area contributed by atoms with E-state index in [2.05, 4.69) is 33.1 Å². The largest absolute Gasteiger partial charge is 0.486 e. The highest BCUT2D eigenvalue weighted by Crippen LogP contribution is 2.42. The normalized spacial score (nSPS) is 19.0. The van der Waals surface area contributed by atoms with Gasteiger partial charge in [-0.1, -0.05) is 18.9 Å². The minimum absolute atomic E-state index is 0.0279. The van der Waals surface area contributed by atoms with Crippen LogP contribution < -0.4 is 14.8 Å². The van der Waals surface area contributed by atoms with Crippen molar-refractivity contribution in [1.82, 2.24) is 14.9 Å². The highest BCUT2D eigenvalue weighted by atomic mass is 16.6.